The SMILES string of the molecule is COc1ccc(CCNC(=O)[C@@H](Cc2ccccc2)N(Cc2ccc(F)cc2)C(=O)CCc2ccc(S(=O)(=O)N3CCCC3)cc2)cc1. The molecule has 0 saturated carbocycles. The second-order valence-electron chi connectivity index (χ2n) is 12.0. The van der Waals surface area contributed by atoms with Crippen molar-refractivity contribution in [2.75, 3.05) is 26.7 Å². The summed E-state index contributed by atoms with van der Waals surface area (Å²) in [5.41, 5.74) is 3.45. The minimum atomic E-state index is -3.54. The van der Waals surface area contributed by atoms with Crippen LogP contribution in [0.5, 0.6) is 5.75 Å². The molecule has 10 heteroatoms. The molecule has 4 aromatic carbocycles. The Morgan fingerprint density at radius 2 is 1.42 bits per heavy atom. The van der Waals surface area contributed by atoms with Crippen molar-refractivity contribution in [3.63, 3.8) is 0 Å². The zero-order valence-corrected chi connectivity index (χ0v) is 28.0. The highest BCUT2D eigenvalue weighted by Gasteiger charge is 2.31. The molecular weight excluding hydrogens is 629 g/mol. The van der Waals surface area contributed by atoms with E-state index in [9.17, 15) is 22.4 Å². The summed E-state index contributed by atoms with van der Waals surface area (Å²) in [6.45, 7) is 1.56. The van der Waals surface area contributed by atoms with Crippen molar-refractivity contribution in [1.82, 2.24) is 14.5 Å². The molecule has 1 heterocycles. The van der Waals surface area contributed by atoms with Crippen LogP contribution in [-0.2, 0) is 45.4 Å². The highest BCUT2D eigenvalue weighted by molar-refractivity contribution is 7.89. The molecule has 1 atom stereocenters. The number of carbonyl (C=O) groups is 2. The Morgan fingerprint density at radius 3 is 2.06 bits per heavy atom. The van der Waals surface area contributed by atoms with Crippen LogP contribution in [0.25, 0.3) is 0 Å². The first-order chi connectivity index (χ1) is 23.2. The Bertz CT molecular complexity index is 1740. The molecule has 5 rings (SSSR count). The summed E-state index contributed by atoms with van der Waals surface area (Å²) in [5, 5.41) is 3.04. The second-order valence-corrected chi connectivity index (χ2v) is 13.9. The molecule has 1 fully saturated rings. The number of benzene rings is 4. The number of methoxy groups -OCH3 is 1. The molecular formula is C38H42FN3O5S. The molecule has 1 aliphatic rings. The lowest BCUT2D eigenvalue weighted by atomic mass is 10.0. The number of amides is 2. The van der Waals surface area contributed by atoms with E-state index in [0.717, 1.165) is 35.3 Å². The van der Waals surface area contributed by atoms with Crippen molar-refractivity contribution in [1.29, 1.82) is 0 Å². The van der Waals surface area contributed by atoms with E-state index in [2.05, 4.69) is 5.32 Å². The van der Waals surface area contributed by atoms with Gasteiger partial charge in [-0.2, -0.15) is 4.31 Å². The van der Waals surface area contributed by atoms with Gasteiger partial charge in [-0.1, -0.05) is 66.7 Å². The monoisotopic (exact) mass is 671 g/mol. The molecule has 0 radical (unpaired) electrons. The summed E-state index contributed by atoms with van der Waals surface area (Å²) in [6.07, 6.45) is 3.08. The van der Waals surface area contributed by atoms with Gasteiger partial charge in [-0.25, -0.2) is 12.8 Å². The minimum Gasteiger partial charge on any atom is -0.497 e. The number of rotatable bonds is 15. The van der Waals surface area contributed by atoms with Crippen molar-refractivity contribution in [2.24, 2.45) is 0 Å². The van der Waals surface area contributed by atoms with Crippen molar-refractivity contribution in [2.45, 2.75) is 56.0 Å². The third-order valence-electron chi connectivity index (χ3n) is 8.66. The van der Waals surface area contributed by atoms with E-state index in [4.69, 9.17) is 4.74 Å². The number of hydrogen-bond donors (Lipinski definition) is 1. The Balaban J connectivity index is 1.33. The summed E-state index contributed by atoms with van der Waals surface area (Å²) in [7, 11) is -1.92. The van der Waals surface area contributed by atoms with Crippen molar-refractivity contribution in [3.05, 3.63) is 131 Å². The fraction of sp³-hybridized carbons (Fsp3) is 0.316. The fourth-order valence-electron chi connectivity index (χ4n) is 5.88. The van der Waals surface area contributed by atoms with E-state index in [1.165, 1.54) is 16.4 Å². The summed E-state index contributed by atoms with van der Waals surface area (Å²) >= 11 is 0. The van der Waals surface area contributed by atoms with Gasteiger partial charge in [0.2, 0.25) is 21.8 Å². The van der Waals surface area contributed by atoms with Crippen LogP contribution in [0.2, 0.25) is 0 Å². The summed E-state index contributed by atoms with van der Waals surface area (Å²) in [6, 6.07) is 29.0. The van der Waals surface area contributed by atoms with Crippen molar-refractivity contribution >= 4 is 21.8 Å². The van der Waals surface area contributed by atoms with Crippen LogP contribution in [-0.4, -0.2) is 62.2 Å². The Kier molecular flexibility index (Phi) is 12.0. The lowest BCUT2D eigenvalue weighted by Crippen LogP contribution is -2.50. The van der Waals surface area contributed by atoms with Gasteiger partial charge in [-0.3, -0.25) is 9.59 Å². The molecule has 1 saturated heterocycles. The topological polar surface area (TPSA) is 96.0 Å². The molecule has 0 unspecified atom stereocenters. The average Bonchev–Trinajstić information content (AvgIpc) is 3.67. The smallest absolute Gasteiger partial charge is 0.243 e. The predicted octanol–water partition coefficient (Wildman–Crippen LogP) is 5.55. The molecule has 48 heavy (non-hydrogen) atoms. The van der Waals surface area contributed by atoms with E-state index in [0.29, 0.717) is 44.5 Å². The highest BCUT2D eigenvalue weighted by atomic mass is 32.2. The van der Waals surface area contributed by atoms with Crippen LogP contribution in [0.4, 0.5) is 4.39 Å². The first kappa shape index (κ1) is 34.8. The van der Waals surface area contributed by atoms with Crippen molar-refractivity contribution < 1.29 is 27.1 Å². The number of hydrogen-bond acceptors (Lipinski definition) is 5. The summed E-state index contributed by atoms with van der Waals surface area (Å²) < 4.78 is 46.5. The van der Waals surface area contributed by atoms with E-state index in [1.54, 1.807) is 48.4 Å². The first-order valence-corrected chi connectivity index (χ1v) is 17.7. The van der Waals surface area contributed by atoms with Gasteiger partial charge in [0, 0.05) is 39.0 Å². The lowest BCUT2D eigenvalue weighted by molar-refractivity contribution is -0.141. The van der Waals surface area contributed by atoms with E-state index in [-0.39, 0.29) is 35.5 Å². The van der Waals surface area contributed by atoms with Gasteiger partial charge in [0.1, 0.15) is 17.6 Å². The van der Waals surface area contributed by atoms with E-state index < -0.39 is 16.1 Å². The number of nitrogens with zero attached hydrogens (tertiary/aromatic N) is 2. The number of carbonyl (C=O) groups excluding carboxylic acids is 2. The summed E-state index contributed by atoms with van der Waals surface area (Å²) in [5.74, 6) is -0.147. The molecule has 0 bridgehead atoms. The maximum atomic E-state index is 14.0. The van der Waals surface area contributed by atoms with Gasteiger partial charge >= 0.3 is 0 Å². The van der Waals surface area contributed by atoms with Crippen LogP contribution >= 0.6 is 0 Å². The summed E-state index contributed by atoms with van der Waals surface area (Å²) in [4.78, 5) is 29.8. The van der Waals surface area contributed by atoms with Crippen LogP contribution in [0, 0.1) is 5.82 Å². The van der Waals surface area contributed by atoms with Gasteiger partial charge < -0.3 is 15.0 Å². The first-order valence-electron chi connectivity index (χ1n) is 16.3. The highest BCUT2D eigenvalue weighted by Crippen LogP contribution is 2.22. The molecule has 1 N–H and O–H groups in total. The minimum absolute atomic E-state index is 0.101. The van der Waals surface area contributed by atoms with Crippen molar-refractivity contribution in [3.8, 4) is 5.75 Å². The fourth-order valence-corrected chi connectivity index (χ4v) is 7.40. The van der Waals surface area contributed by atoms with Crippen LogP contribution in [0.1, 0.15) is 41.5 Å². The third-order valence-corrected chi connectivity index (χ3v) is 10.6. The Labute approximate surface area is 282 Å². The van der Waals surface area contributed by atoms with Crippen LogP contribution in [0.3, 0.4) is 0 Å². The molecule has 0 aliphatic carbocycles. The molecule has 8 nitrogen and oxygen atoms in total. The number of nitrogens with one attached hydrogen (secondary N) is 1. The van der Waals surface area contributed by atoms with Gasteiger partial charge in [0.15, 0.2) is 0 Å². The largest absolute Gasteiger partial charge is 0.497 e. The normalized spacial score (nSPS) is 14.0. The standard InChI is InChI=1S/C38H42FN3O5S/c1-47-34-18-11-30(12-19-34)23-24-40-38(44)36(27-31-7-3-2-4-8-31)42(28-32-9-16-33(39)17-10-32)37(43)22-15-29-13-20-35(21-14-29)48(45,46)41-25-5-6-26-41/h2-4,7-14,16-21,36H,5-6,15,22-28H2,1H3,(H,40,44)/t36-/m1/s1. The molecule has 1 aliphatic heterocycles. The number of halogens is 1. The number of ether oxygens (including phenoxy) is 1. The molecule has 4 aromatic rings. The van der Waals surface area contributed by atoms with Gasteiger partial charge in [-0.05, 0) is 84.3 Å². The van der Waals surface area contributed by atoms with Gasteiger partial charge in [0.25, 0.3) is 0 Å². The Morgan fingerprint density at radius 1 is 0.812 bits per heavy atom. The second kappa shape index (κ2) is 16.5. The number of sulfonamides is 1. The molecule has 252 valence electrons. The van der Waals surface area contributed by atoms with Gasteiger partial charge in [-0.15, -0.1) is 0 Å². The number of aryl methyl sites for hydroxylation is 1. The molecule has 0 aromatic heterocycles. The van der Waals surface area contributed by atoms with Crippen LogP contribution in [0.15, 0.2) is 108 Å². The quantitative estimate of drug-likeness (QED) is 0.179. The third kappa shape index (κ3) is 9.29. The molecule has 0 spiro atoms. The van der Waals surface area contributed by atoms with Crippen LogP contribution < -0.4 is 10.1 Å². The molecule has 2 amide bonds. The lowest BCUT2D eigenvalue weighted by Gasteiger charge is -2.32. The maximum absolute atomic E-state index is 14.0. The zero-order valence-electron chi connectivity index (χ0n) is 27.2. The van der Waals surface area contributed by atoms with Gasteiger partial charge in [0.05, 0.1) is 12.0 Å². The average molecular weight is 672 g/mol. The maximum Gasteiger partial charge on any atom is 0.243 e. The Hall–Kier alpha value is -4.54. The predicted molar refractivity (Wildman–Crippen MR) is 183 cm³/mol. The van der Waals surface area contributed by atoms with E-state index in [1.807, 2.05) is 54.6 Å². The zero-order chi connectivity index (χ0) is 33.9. The van der Waals surface area contributed by atoms with E-state index >= 15 is 0 Å².